The van der Waals surface area contributed by atoms with E-state index < -0.39 is 0 Å². The molecule has 0 spiro atoms. The smallest absolute Gasteiger partial charge is 0.251 e. The number of nitrogens with one attached hydrogen (secondary N) is 1. The Morgan fingerprint density at radius 2 is 1.71 bits per heavy atom. The maximum absolute atomic E-state index is 12.1. The maximum atomic E-state index is 12.1. The Kier molecular flexibility index (Phi) is 4.73. The molecule has 0 atom stereocenters. The second-order valence-electron chi connectivity index (χ2n) is 5.36. The van der Waals surface area contributed by atoms with Crippen molar-refractivity contribution >= 4 is 5.91 Å². The minimum Gasteiger partial charge on any atom is -0.349 e. The molecule has 2 nitrogen and oxygen atoms in total. The van der Waals surface area contributed by atoms with Crippen molar-refractivity contribution in [2.45, 2.75) is 40.7 Å². The highest BCUT2D eigenvalue weighted by atomic mass is 16.1. The fourth-order valence-electron chi connectivity index (χ4n) is 2.12. The van der Waals surface area contributed by atoms with E-state index in [1.54, 1.807) is 0 Å². The van der Waals surface area contributed by atoms with E-state index in [0.717, 1.165) is 11.1 Å². The summed E-state index contributed by atoms with van der Waals surface area (Å²) in [5, 5.41) is 3.12. The van der Waals surface area contributed by atoms with Gasteiger partial charge >= 0.3 is 0 Å². The lowest BCUT2D eigenvalue weighted by Gasteiger charge is -2.26. The van der Waals surface area contributed by atoms with Crippen molar-refractivity contribution < 1.29 is 4.79 Å². The Bertz CT molecular complexity index is 374. The lowest BCUT2D eigenvalue weighted by molar-refractivity contribution is 0.0910. The van der Waals surface area contributed by atoms with Gasteiger partial charge in [-0.15, -0.1) is 0 Å². The predicted octanol–water partition coefficient (Wildman–Crippen LogP) is 3.41. The molecule has 0 saturated heterocycles. The minimum atomic E-state index is 0.0288. The fraction of sp³-hybridized carbons (Fsp3) is 0.533. The highest BCUT2D eigenvalue weighted by molar-refractivity contribution is 5.94. The SMILES string of the molecule is Cc1cccc(C(=O)NC(C(C)C)C(C)C)c1. The molecule has 0 heterocycles. The zero-order valence-electron chi connectivity index (χ0n) is 11.4. The van der Waals surface area contributed by atoms with Gasteiger partial charge in [-0.2, -0.15) is 0 Å². The van der Waals surface area contributed by atoms with Gasteiger partial charge in [0.1, 0.15) is 0 Å². The summed E-state index contributed by atoms with van der Waals surface area (Å²) in [4.78, 5) is 12.1. The van der Waals surface area contributed by atoms with Crippen molar-refractivity contribution in [3.8, 4) is 0 Å². The third-order valence-electron chi connectivity index (χ3n) is 3.01. The maximum Gasteiger partial charge on any atom is 0.251 e. The average molecular weight is 233 g/mol. The summed E-state index contributed by atoms with van der Waals surface area (Å²) >= 11 is 0. The van der Waals surface area contributed by atoms with Crippen molar-refractivity contribution in [2.75, 3.05) is 0 Å². The van der Waals surface area contributed by atoms with Gasteiger partial charge in [0.2, 0.25) is 0 Å². The molecule has 0 aliphatic rings. The van der Waals surface area contributed by atoms with Crippen molar-refractivity contribution in [3.05, 3.63) is 35.4 Å². The van der Waals surface area contributed by atoms with E-state index in [2.05, 4.69) is 33.0 Å². The standard InChI is InChI=1S/C15H23NO/c1-10(2)14(11(3)4)16-15(17)13-8-6-7-12(5)9-13/h6-11,14H,1-5H3,(H,16,17). The summed E-state index contributed by atoms with van der Waals surface area (Å²) in [6.07, 6.45) is 0. The van der Waals surface area contributed by atoms with E-state index in [1.807, 2.05) is 31.2 Å². The highest BCUT2D eigenvalue weighted by Crippen LogP contribution is 2.13. The minimum absolute atomic E-state index is 0.0288. The summed E-state index contributed by atoms with van der Waals surface area (Å²) < 4.78 is 0. The fourth-order valence-corrected chi connectivity index (χ4v) is 2.12. The van der Waals surface area contributed by atoms with E-state index in [9.17, 15) is 4.79 Å². The molecular weight excluding hydrogens is 210 g/mol. The van der Waals surface area contributed by atoms with Crippen molar-refractivity contribution in [1.29, 1.82) is 0 Å². The molecule has 0 aliphatic carbocycles. The van der Waals surface area contributed by atoms with E-state index in [1.165, 1.54) is 0 Å². The summed E-state index contributed by atoms with van der Waals surface area (Å²) in [6, 6.07) is 7.93. The molecule has 94 valence electrons. The Hall–Kier alpha value is -1.31. The summed E-state index contributed by atoms with van der Waals surface area (Å²) in [7, 11) is 0. The van der Waals surface area contributed by atoms with Crippen molar-refractivity contribution in [2.24, 2.45) is 11.8 Å². The quantitative estimate of drug-likeness (QED) is 0.848. The van der Waals surface area contributed by atoms with Crippen molar-refractivity contribution in [3.63, 3.8) is 0 Å². The second-order valence-corrected chi connectivity index (χ2v) is 5.36. The topological polar surface area (TPSA) is 29.1 Å². The molecule has 0 fully saturated rings. The van der Waals surface area contributed by atoms with Gasteiger partial charge in [-0.3, -0.25) is 4.79 Å². The number of carbonyl (C=O) groups is 1. The van der Waals surface area contributed by atoms with Crippen LogP contribution >= 0.6 is 0 Å². The largest absolute Gasteiger partial charge is 0.349 e. The van der Waals surface area contributed by atoms with Crippen LogP contribution in [0.1, 0.15) is 43.6 Å². The lowest BCUT2D eigenvalue weighted by Crippen LogP contribution is -2.42. The average Bonchev–Trinajstić information content (AvgIpc) is 2.24. The van der Waals surface area contributed by atoms with Gasteiger partial charge in [0.05, 0.1) is 0 Å². The van der Waals surface area contributed by atoms with Gasteiger partial charge in [0.15, 0.2) is 0 Å². The predicted molar refractivity (Wildman–Crippen MR) is 72.1 cm³/mol. The van der Waals surface area contributed by atoms with Gasteiger partial charge in [0.25, 0.3) is 5.91 Å². The van der Waals surface area contributed by atoms with E-state index >= 15 is 0 Å². The van der Waals surface area contributed by atoms with E-state index in [0.29, 0.717) is 11.8 Å². The zero-order chi connectivity index (χ0) is 13.0. The number of benzene rings is 1. The molecular formula is C15H23NO. The van der Waals surface area contributed by atoms with Crippen LogP contribution in [0.2, 0.25) is 0 Å². The third-order valence-corrected chi connectivity index (χ3v) is 3.01. The molecule has 0 saturated carbocycles. The zero-order valence-corrected chi connectivity index (χ0v) is 11.4. The molecule has 0 radical (unpaired) electrons. The monoisotopic (exact) mass is 233 g/mol. The molecule has 0 aliphatic heterocycles. The van der Waals surface area contributed by atoms with Gasteiger partial charge in [-0.25, -0.2) is 0 Å². The van der Waals surface area contributed by atoms with Gasteiger partial charge < -0.3 is 5.32 Å². The number of amides is 1. The molecule has 2 heteroatoms. The van der Waals surface area contributed by atoms with Crippen LogP contribution in [-0.2, 0) is 0 Å². The Morgan fingerprint density at radius 3 is 2.18 bits per heavy atom. The summed E-state index contributed by atoms with van der Waals surface area (Å²) in [5.74, 6) is 0.925. The molecule has 1 amide bonds. The second kappa shape index (κ2) is 5.85. The first kappa shape index (κ1) is 13.8. The molecule has 0 bridgehead atoms. The number of hydrogen-bond donors (Lipinski definition) is 1. The van der Waals surface area contributed by atoms with Crippen LogP contribution in [0, 0.1) is 18.8 Å². The van der Waals surface area contributed by atoms with Crippen LogP contribution in [0.4, 0.5) is 0 Å². The molecule has 1 N–H and O–H groups in total. The Morgan fingerprint density at radius 1 is 1.12 bits per heavy atom. The molecule has 0 aromatic heterocycles. The Balaban J connectivity index is 2.77. The van der Waals surface area contributed by atoms with Crippen LogP contribution in [0.15, 0.2) is 24.3 Å². The van der Waals surface area contributed by atoms with Crippen LogP contribution in [0.25, 0.3) is 0 Å². The number of carbonyl (C=O) groups excluding carboxylic acids is 1. The molecule has 1 rings (SSSR count). The van der Waals surface area contributed by atoms with Gasteiger partial charge in [-0.1, -0.05) is 45.4 Å². The first-order valence-electron chi connectivity index (χ1n) is 6.29. The molecule has 0 unspecified atom stereocenters. The normalized spacial score (nSPS) is 11.3. The van der Waals surface area contributed by atoms with Crippen LogP contribution < -0.4 is 5.32 Å². The van der Waals surface area contributed by atoms with Crippen LogP contribution in [0.5, 0.6) is 0 Å². The summed E-state index contributed by atoms with van der Waals surface area (Å²) in [6.45, 7) is 10.6. The van der Waals surface area contributed by atoms with E-state index in [4.69, 9.17) is 0 Å². The first-order chi connectivity index (χ1) is 7.91. The first-order valence-corrected chi connectivity index (χ1v) is 6.29. The van der Waals surface area contributed by atoms with Gasteiger partial charge in [-0.05, 0) is 30.9 Å². The molecule has 1 aromatic rings. The molecule has 1 aromatic carbocycles. The lowest BCUT2D eigenvalue weighted by atomic mass is 9.93. The van der Waals surface area contributed by atoms with E-state index in [-0.39, 0.29) is 11.9 Å². The number of hydrogen-bond acceptors (Lipinski definition) is 1. The van der Waals surface area contributed by atoms with Crippen LogP contribution in [-0.4, -0.2) is 11.9 Å². The van der Waals surface area contributed by atoms with Gasteiger partial charge in [0, 0.05) is 11.6 Å². The highest BCUT2D eigenvalue weighted by Gasteiger charge is 2.20. The Labute approximate surface area is 104 Å². The third kappa shape index (κ3) is 3.88. The molecule has 17 heavy (non-hydrogen) atoms. The van der Waals surface area contributed by atoms with Crippen molar-refractivity contribution in [1.82, 2.24) is 5.32 Å². The van der Waals surface area contributed by atoms with Crippen LogP contribution in [0.3, 0.4) is 0 Å². The number of rotatable bonds is 4. The number of aryl methyl sites for hydroxylation is 1. The summed E-state index contributed by atoms with van der Waals surface area (Å²) in [5.41, 5.74) is 1.86.